The van der Waals surface area contributed by atoms with E-state index in [1.54, 1.807) is 18.2 Å². The molecule has 1 rings (SSSR count). The highest BCUT2D eigenvalue weighted by Crippen LogP contribution is 2.24. The van der Waals surface area contributed by atoms with Crippen LogP contribution in [0.5, 0.6) is 0 Å². The van der Waals surface area contributed by atoms with Crippen molar-refractivity contribution < 1.29 is 9.53 Å². The topological polar surface area (TPSA) is 67.6 Å². The van der Waals surface area contributed by atoms with Gasteiger partial charge in [0.25, 0.3) is 0 Å². The molecule has 0 saturated carbocycles. The lowest BCUT2D eigenvalue weighted by Crippen LogP contribution is -2.15. The van der Waals surface area contributed by atoms with Gasteiger partial charge in [-0.3, -0.25) is 0 Å². The maximum absolute atomic E-state index is 11.6. The van der Waals surface area contributed by atoms with Crippen molar-refractivity contribution in [1.82, 2.24) is 4.90 Å². The van der Waals surface area contributed by atoms with Gasteiger partial charge < -0.3 is 20.7 Å². The SMILES string of the molecule is COC(=O)c1cccc(N)c1NCCCCN(C)C. The van der Waals surface area contributed by atoms with Crippen molar-refractivity contribution in [3.8, 4) is 0 Å². The molecule has 0 unspecified atom stereocenters. The fourth-order valence-corrected chi connectivity index (χ4v) is 1.81. The number of esters is 1. The third-order valence-electron chi connectivity index (χ3n) is 2.84. The number of methoxy groups -OCH3 is 1. The first-order valence-corrected chi connectivity index (χ1v) is 6.41. The maximum atomic E-state index is 11.6. The summed E-state index contributed by atoms with van der Waals surface area (Å²) in [4.78, 5) is 13.8. The van der Waals surface area contributed by atoms with Gasteiger partial charge in [-0.05, 0) is 45.6 Å². The molecule has 0 spiro atoms. The first kappa shape index (κ1) is 15.3. The molecule has 0 amide bonds. The summed E-state index contributed by atoms with van der Waals surface area (Å²) in [5.74, 6) is -0.372. The fourth-order valence-electron chi connectivity index (χ4n) is 1.81. The van der Waals surface area contributed by atoms with Crippen molar-refractivity contribution in [3.63, 3.8) is 0 Å². The second kappa shape index (κ2) is 7.63. The quantitative estimate of drug-likeness (QED) is 0.447. The lowest BCUT2D eigenvalue weighted by molar-refractivity contribution is 0.0602. The molecule has 0 radical (unpaired) electrons. The van der Waals surface area contributed by atoms with Crippen molar-refractivity contribution >= 4 is 17.3 Å². The Morgan fingerprint density at radius 2 is 2.11 bits per heavy atom. The Hall–Kier alpha value is -1.75. The highest BCUT2D eigenvalue weighted by atomic mass is 16.5. The standard InChI is InChI=1S/C14H23N3O2/c1-17(2)10-5-4-9-16-13-11(14(18)19-3)7-6-8-12(13)15/h6-8,16H,4-5,9-10,15H2,1-3H3. The van der Waals surface area contributed by atoms with Gasteiger partial charge in [0.2, 0.25) is 0 Å². The Morgan fingerprint density at radius 3 is 2.74 bits per heavy atom. The summed E-state index contributed by atoms with van der Waals surface area (Å²) < 4.78 is 4.75. The number of anilines is 2. The third kappa shape index (κ3) is 4.79. The predicted octanol–water partition coefficient (Wildman–Crippen LogP) is 1.81. The molecule has 3 N–H and O–H groups in total. The first-order chi connectivity index (χ1) is 9.06. The zero-order valence-corrected chi connectivity index (χ0v) is 11.9. The smallest absolute Gasteiger partial charge is 0.340 e. The highest BCUT2D eigenvalue weighted by Gasteiger charge is 2.13. The van der Waals surface area contributed by atoms with E-state index in [0.29, 0.717) is 16.9 Å². The van der Waals surface area contributed by atoms with E-state index < -0.39 is 0 Å². The van der Waals surface area contributed by atoms with Gasteiger partial charge in [0.1, 0.15) is 0 Å². The molecule has 0 aliphatic carbocycles. The van der Waals surface area contributed by atoms with Crippen molar-refractivity contribution in [2.75, 3.05) is 45.3 Å². The summed E-state index contributed by atoms with van der Waals surface area (Å²) in [5.41, 5.74) is 7.61. The van der Waals surface area contributed by atoms with Crippen LogP contribution in [0.1, 0.15) is 23.2 Å². The average molecular weight is 265 g/mol. The van der Waals surface area contributed by atoms with Gasteiger partial charge in [-0.1, -0.05) is 6.07 Å². The largest absolute Gasteiger partial charge is 0.465 e. The molecule has 5 heteroatoms. The van der Waals surface area contributed by atoms with Crippen molar-refractivity contribution in [2.45, 2.75) is 12.8 Å². The van der Waals surface area contributed by atoms with Crippen LogP contribution in [0.3, 0.4) is 0 Å². The number of hydrogen-bond acceptors (Lipinski definition) is 5. The monoisotopic (exact) mass is 265 g/mol. The molecule has 5 nitrogen and oxygen atoms in total. The number of carbonyl (C=O) groups excluding carboxylic acids is 1. The number of hydrogen-bond donors (Lipinski definition) is 2. The molecule has 0 saturated heterocycles. The first-order valence-electron chi connectivity index (χ1n) is 6.41. The zero-order valence-electron chi connectivity index (χ0n) is 11.9. The number of para-hydroxylation sites is 1. The van der Waals surface area contributed by atoms with Crippen molar-refractivity contribution in [1.29, 1.82) is 0 Å². The van der Waals surface area contributed by atoms with Gasteiger partial charge in [-0.2, -0.15) is 0 Å². The van der Waals surface area contributed by atoms with Gasteiger partial charge in [0.15, 0.2) is 0 Å². The Kier molecular flexibility index (Phi) is 6.15. The fraction of sp³-hybridized carbons (Fsp3) is 0.500. The molecule has 1 aromatic rings. The van der Waals surface area contributed by atoms with Gasteiger partial charge in [-0.15, -0.1) is 0 Å². The number of unbranched alkanes of at least 4 members (excludes halogenated alkanes) is 1. The summed E-state index contributed by atoms with van der Waals surface area (Å²) in [6.45, 7) is 1.84. The van der Waals surface area contributed by atoms with E-state index in [0.717, 1.165) is 25.9 Å². The molecule has 0 aromatic heterocycles. The molecule has 19 heavy (non-hydrogen) atoms. The molecule has 0 atom stereocenters. The number of nitrogens with zero attached hydrogens (tertiary/aromatic N) is 1. The zero-order chi connectivity index (χ0) is 14.3. The van der Waals surface area contributed by atoms with Crippen LogP contribution in [-0.2, 0) is 4.74 Å². The van der Waals surface area contributed by atoms with Crippen LogP contribution in [0.4, 0.5) is 11.4 Å². The second-order valence-corrected chi connectivity index (χ2v) is 4.70. The summed E-state index contributed by atoms with van der Waals surface area (Å²) in [5, 5.41) is 3.23. The molecule has 106 valence electrons. The van der Waals surface area contributed by atoms with Gasteiger partial charge in [0.05, 0.1) is 24.0 Å². The molecule has 0 aliphatic heterocycles. The summed E-state index contributed by atoms with van der Waals surface area (Å²) >= 11 is 0. The number of carbonyl (C=O) groups is 1. The molecule has 1 aromatic carbocycles. The van der Waals surface area contributed by atoms with Crippen molar-refractivity contribution in [3.05, 3.63) is 23.8 Å². The number of nitrogens with two attached hydrogens (primary N) is 1. The number of rotatable bonds is 7. The minimum absolute atomic E-state index is 0.372. The van der Waals surface area contributed by atoms with Crippen LogP contribution in [0.25, 0.3) is 0 Å². The van der Waals surface area contributed by atoms with E-state index in [-0.39, 0.29) is 5.97 Å². The molecule has 0 bridgehead atoms. The van der Waals surface area contributed by atoms with Crippen LogP contribution in [-0.4, -0.2) is 45.2 Å². The molecule has 0 aliphatic rings. The summed E-state index contributed by atoms with van der Waals surface area (Å²) in [7, 11) is 5.47. The van der Waals surface area contributed by atoms with Gasteiger partial charge >= 0.3 is 5.97 Å². The molecule has 0 fully saturated rings. The van der Waals surface area contributed by atoms with E-state index >= 15 is 0 Å². The van der Waals surface area contributed by atoms with Gasteiger partial charge in [0, 0.05) is 6.54 Å². The minimum atomic E-state index is -0.372. The Labute approximate surface area is 114 Å². The number of nitrogen functional groups attached to an aromatic ring is 1. The van der Waals surface area contributed by atoms with Gasteiger partial charge in [-0.25, -0.2) is 4.79 Å². The maximum Gasteiger partial charge on any atom is 0.340 e. The van der Waals surface area contributed by atoms with Crippen LogP contribution in [0.2, 0.25) is 0 Å². The summed E-state index contributed by atoms with van der Waals surface area (Å²) in [6.07, 6.45) is 2.12. The van der Waals surface area contributed by atoms with Crippen LogP contribution >= 0.6 is 0 Å². The number of ether oxygens (including phenoxy) is 1. The highest BCUT2D eigenvalue weighted by molar-refractivity contribution is 5.98. The van der Waals surface area contributed by atoms with Crippen LogP contribution in [0, 0.1) is 0 Å². The Bertz CT molecular complexity index is 419. The summed E-state index contributed by atoms with van der Waals surface area (Å²) in [6, 6.07) is 5.23. The molecule has 0 heterocycles. The number of benzene rings is 1. The lowest BCUT2D eigenvalue weighted by Gasteiger charge is -2.14. The van der Waals surface area contributed by atoms with E-state index in [2.05, 4.69) is 24.3 Å². The lowest BCUT2D eigenvalue weighted by atomic mass is 10.1. The van der Waals surface area contributed by atoms with E-state index in [9.17, 15) is 4.79 Å². The van der Waals surface area contributed by atoms with Crippen molar-refractivity contribution in [2.24, 2.45) is 0 Å². The second-order valence-electron chi connectivity index (χ2n) is 4.70. The molecular weight excluding hydrogens is 242 g/mol. The number of nitrogens with one attached hydrogen (secondary N) is 1. The average Bonchev–Trinajstić information content (AvgIpc) is 2.38. The minimum Gasteiger partial charge on any atom is -0.465 e. The van der Waals surface area contributed by atoms with Crippen LogP contribution in [0.15, 0.2) is 18.2 Å². The normalized spacial score (nSPS) is 10.5. The van der Waals surface area contributed by atoms with E-state index in [1.807, 2.05) is 0 Å². The van der Waals surface area contributed by atoms with E-state index in [1.165, 1.54) is 7.11 Å². The Morgan fingerprint density at radius 1 is 1.37 bits per heavy atom. The van der Waals surface area contributed by atoms with E-state index in [4.69, 9.17) is 10.5 Å². The third-order valence-corrected chi connectivity index (χ3v) is 2.84. The van der Waals surface area contributed by atoms with Crippen LogP contribution < -0.4 is 11.1 Å². The predicted molar refractivity (Wildman–Crippen MR) is 78.5 cm³/mol. The molecular formula is C14H23N3O2. The Balaban J connectivity index is 2.59.